The molecule has 0 aliphatic heterocycles. The minimum Gasteiger partial charge on any atom is -0.449 e. The molecule has 0 fully saturated rings. The second-order valence-electron chi connectivity index (χ2n) is 5.93. The van der Waals surface area contributed by atoms with Crippen molar-refractivity contribution in [2.75, 3.05) is 10.6 Å². The van der Waals surface area contributed by atoms with Crippen LogP contribution in [0.4, 0.5) is 16.2 Å². The van der Waals surface area contributed by atoms with Gasteiger partial charge in [0.05, 0.1) is 5.56 Å². The number of aryl methyl sites for hydroxylation is 2. The molecule has 0 aliphatic carbocycles. The zero-order valence-electron chi connectivity index (χ0n) is 14.8. The third kappa shape index (κ3) is 5.07. The number of nitrogens with two attached hydrogens (primary N) is 1. The fourth-order valence-electron chi connectivity index (χ4n) is 2.34. The Morgan fingerprint density at radius 1 is 1.04 bits per heavy atom. The van der Waals surface area contributed by atoms with Gasteiger partial charge in [-0.3, -0.25) is 4.79 Å². The van der Waals surface area contributed by atoms with Crippen molar-refractivity contribution in [3.63, 3.8) is 0 Å². The molecule has 4 N–H and O–H groups in total. The molecule has 0 aliphatic rings. The summed E-state index contributed by atoms with van der Waals surface area (Å²) in [6, 6.07) is 11.0. The molecular formula is C19H21N3O4. The first-order valence-corrected chi connectivity index (χ1v) is 8.02. The van der Waals surface area contributed by atoms with Crippen LogP contribution in [0.2, 0.25) is 0 Å². The lowest BCUT2D eigenvalue weighted by molar-refractivity contribution is -0.123. The number of benzene rings is 2. The standard InChI is InChI=1S/C19H21N3O4/c1-11-7-8-16(12(2)9-11)22-17(23)13(3)26-18(24)14-5-4-6-15(10-14)21-19(20)25/h4-10,13H,1-3H3,(H,22,23)(H3,20,21,25)/t13-/m0/s1. The number of ether oxygens (including phenoxy) is 1. The van der Waals surface area contributed by atoms with Gasteiger partial charge in [-0.15, -0.1) is 0 Å². The van der Waals surface area contributed by atoms with Gasteiger partial charge in [-0.25, -0.2) is 9.59 Å². The van der Waals surface area contributed by atoms with Crippen LogP contribution in [0.5, 0.6) is 0 Å². The van der Waals surface area contributed by atoms with E-state index in [4.69, 9.17) is 10.5 Å². The van der Waals surface area contributed by atoms with Crippen LogP contribution in [-0.4, -0.2) is 24.0 Å². The third-order valence-electron chi connectivity index (χ3n) is 3.66. The summed E-state index contributed by atoms with van der Waals surface area (Å²) in [5, 5.41) is 5.11. The Balaban J connectivity index is 2.01. The number of primary amides is 1. The number of carbonyl (C=O) groups is 3. The zero-order valence-corrected chi connectivity index (χ0v) is 14.8. The molecule has 0 heterocycles. The topological polar surface area (TPSA) is 111 Å². The highest BCUT2D eigenvalue weighted by Gasteiger charge is 2.20. The molecule has 0 saturated carbocycles. The molecular weight excluding hydrogens is 334 g/mol. The molecule has 7 heteroatoms. The Hall–Kier alpha value is -3.35. The van der Waals surface area contributed by atoms with E-state index in [2.05, 4.69) is 10.6 Å². The van der Waals surface area contributed by atoms with Gasteiger partial charge in [-0.1, -0.05) is 23.8 Å². The largest absolute Gasteiger partial charge is 0.449 e. The van der Waals surface area contributed by atoms with E-state index in [1.165, 1.54) is 19.1 Å². The minimum absolute atomic E-state index is 0.197. The maximum Gasteiger partial charge on any atom is 0.338 e. The van der Waals surface area contributed by atoms with E-state index in [0.717, 1.165) is 11.1 Å². The summed E-state index contributed by atoms with van der Waals surface area (Å²) >= 11 is 0. The highest BCUT2D eigenvalue weighted by atomic mass is 16.5. The number of anilines is 2. The predicted molar refractivity (Wildman–Crippen MR) is 99.1 cm³/mol. The summed E-state index contributed by atoms with van der Waals surface area (Å²) in [5.74, 6) is -1.11. The van der Waals surface area contributed by atoms with Crippen LogP contribution in [0.3, 0.4) is 0 Å². The number of carbonyl (C=O) groups excluding carboxylic acids is 3. The van der Waals surface area contributed by atoms with Gasteiger partial charge in [0.15, 0.2) is 6.10 Å². The molecule has 26 heavy (non-hydrogen) atoms. The molecule has 3 amide bonds. The van der Waals surface area contributed by atoms with Crippen molar-refractivity contribution in [1.82, 2.24) is 0 Å². The van der Waals surface area contributed by atoms with Crippen LogP contribution in [0, 0.1) is 13.8 Å². The molecule has 0 aromatic heterocycles. The van der Waals surface area contributed by atoms with Crippen LogP contribution in [0.1, 0.15) is 28.4 Å². The number of hydrogen-bond acceptors (Lipinski definition) is 4. The lowest BCUT2D eigenvalue weighted by atomic mass is 10.1. The second kappa shape index (κ2) is 8.15. The molecule has 7 nitrogen and oxygen atoms in total. The molecule has 2 rings (SSSR count). The van der Waals surface area contributed by atoms with Crippen LogP contribution in [-0.2, 0) is 9.53 Å². The van der Waals surface area contributed by atoms with E-state index in [1.54, 1.807) is 18.2 Å². The summed E-state index contributed by atoms with van der Waals surface area (Å²) in [4.78, 5) is 35.4. The Morgan fingerprint density at radius 2 is 1.77 bits per heavy atom. The Labute approximate surface area is 151 Å². The van der Waals surface area contributed by atoms with Crippen molar-refractivity contribution in [2.24, 2.45) is 5.73 Å². The minimum atomic E-state index is -0.990. The first-order valence-electron chi connectivity index (χ1n) is 8.02. The molecule has 2 aromatic rings. The summed E-state index contributed by atoms with van der Waals surface area (Å²) in [6.45, 7) is 5.34. The number of esters is 1. The smallest absolute Gasteiger partial charge is 0.338 e. The van der Waals surface area contributed by atoms with Gasteiger partial charge in [-0.2, -0.15) is 0 Å². The summed E-state index contributed by atoms with van der Waals surface area (Å²) in [5.41, 5.74) is 8.27. The molecule has 1 atom stereocenters. The van der Waals surface area contributed by atoms with Gasteiger partial charge in [0.25, 0.3) is 5.91 Å². The average Bonchev–Trinajstić information content (AvgIpc) is 2.56. The molecule has 0 spiro atoms. The van der Waals surface area contributed by atoms with Crippen molar-refractivity contribution >= 4 is 29.3 Å². The van der Waals surface area contributed by atoms with E-state index in [0.29, 0.717) is 11.4 Å². The molecule has 0 bridgehead atoms. The molecule has 0 unspecified atom stereocenters. The number of rotatable bonds is 5. The molecule has 0 saturated heterocycles. The summed E-state index contributed by atoms with van der Waals surface area (Å²) in [6.07, 6.45) is -0.990. The van der Waals surface area contributed by atoms with Gasteiger partial charge >= 0.3 is 12.0 Å². The third-order valence-corrected chi connectivity index (χ3v) is 3.66. The first kappa shape index (κ1) is 19.0. The number of amides is 3. The van der Waals surface area contributed by atoms with Crippen molar-refractivity contribution in [3.8, 4) is 0 Å². The fraction of sp³-hybridized carbons (Fsp3) is 0.211. The highest BCUT2D eigenvalue weighted by molar-refractivity contribution is 5.98. The van der Waals surface area contributed by atoms with Gasteiger partial charge < -0.3 is 21.1 Å². The summed E-state index contributed by atoms with van der Waals surface area (Å²) in [7, 11) is 0. The first-order chi connectivity index (χ1) is 12.3. The van der Waals surface area contributed by atoms with Crippen LogP contribution in [0.15, 0.2) is 42.5 Å². The fourth-order valence-corrected chi connectivity index (χ4v) is 2.34. The molecule has 2 aromatic carbocycles. The lowest BCUT2D eigenvalue weighted by Gasteiger charge is -2.15. The molecule has 0 radical (unpaired) electrons. The quantitative estimate of drug-likeness (QED) is 0.716. The monoisotopic (exact) mass is 355 g/mol. The van der Waals surface area contributed by atoms with Crippen LogP contribution >= 0.6 is 0 Å². The maximum atomic E-state index is 12.3. The van der Waals surface area contributed by atoms with Crippen LogP contribution in [0.25, 0.3) is 0 Å². The maximum absolute atomic E-state index is 12.3. The van der Waals surface area contributed by atoms with Crippen molar-refractivity contribution < 1.29 is 19.1 Å². The number of urea groups is 1. The van der Waals surface area contributed by atoms with Crippen molar-refractivity contribution in [3.05, 3.63) is 59.2 Å². The molecule has 136 valence electrons. The van der Waals surface area contributed by atoms with Gasteiger partial charge in [0, 0.05) is 11.4 Å². The number of nitrogens with one attached hydrogen (secondary N) is 2. The Bertz CT molecular complexity index is 848. The van der Waals surface area contributed by atoms with E-state index in [1.807, 2.05) is 26.0 Å². The van der Waals surface area contributed by atoms with Crippen molar-refractivity contribution in [1.29, 1.82) is 0 Å². The Kier molecular flexibility index (Phi) is 5.95. The highest BCUT2D eigenvalue weighted by Crippen LogP contribution is 2.17. The predicted octanol–water partition coefficient (Wildman–Crippen LogP) is 2.98. The summed E-state index contributed by atoms with van der Waals surface area (Å²) < 4.78 is 5.20. The average molecular weight is 355 g/mol. The zero-order chi connectivity index (χ0) is 19.3. The Morgan fingerprint density at radius 3 is 2.42 bits per heavy atom. The normalized spacial score (nSPS) is 11.3. The van der Waals surface area contributed by atoms with Crippen molar-refractivity contribution in [2.45, 2.75) is 26.9 Å². The van der Waals surface area contributed by atoms with Gasteiger partial charge in [-0.05, 0) is 50.6 Å². The lowest BCUT2D eigenvalue weighted by Crippen LogP contribution is -2.30. The van der Waals surface area contributed by atoms with Gasteiger partial charge in [0.1, 0.15) is 0 Å². The second-order valence-corrected chi connectivity index (χ2v) is 5.93. The van der Waals surface area contributed by atoms with E-state index in [9.17, 15) is 14.4 Å². The van der Waals surface area contributed by atoms with Crippen LogP contribution < -0.4 is 16.4 Å². The van der Waals surface area contributed by atoms with E-state index >= 15 is 0 Å². The van der Waals surface area contributed by atoms with E-state index in [-0.39, 0.29) is 5.56 Å². The number of hydrogen-bond donors (Lipinski definition) is 3. The van der Waals surface area contributed by atoms with E-state index < -0.39 is 24.0 Å². The SMILES string of the molecule is Cc1ccc(NC(=O)[C@H](C)OC(=O)c2cccc(NC(N)=O)c2)c(C)c1. The van der Waals surface area contributed by atoms with Gasteiger partial charge in [0.2, 0.25) is 0 Å².